The summed E-state index contributed by atoms with van der Waals surface area (Å²) in [5, 5.41) is 3.03. The maximum Gasteiger partial charge on any atom is 0.255 e. The number of hydrogen-bond acceptors (Lipinski definition) is 5. The number of likely N-dealkylation sites (N-methyl/N-ethyl adjacent to an activating group) is 1. The van der Waals surface area contributed by atoms with E-state index in [0.29, 0.717) is 5.56 Å². The Kier molecular flexibility index (Phi) is 7.38. The number of hydrogen-bond donors (Lipinski definition) is 1. The van der Waals surface area contributed by atoms with Gasteiger partial charge in [0.15, 0.2) is 0 Å². The number of anilines is 1. The summed E-state index contributed by atoms with van der Waals surface area (Å²) >= 11 is 0. The molecule has 1 aliphatic heterocycles. The van der Waals surface area contributed by atoms with Gasteiger partial charge >= 0.3 is 0 Å². The van der Waals surface area contributed by atoms with Gasteiger partial charge in [-0.15, -0.1) is 0 Å². The molecule has 0 radical (unpaired) electrons. The summed E-state index contributed by atoms with van der Waals surface area (Å²) in [5.41, 5.74) is 4.05. The number of nitrogens with one attached hydrogen (secondary N) is 1. The second-order valence-electron chi connectivity index (χ2n) is 7.47. The van der Waals surface area contributed by atoms with Crippen LogP contribution in [-0.2, 0) is 6.54 Å². The first-order valence-electron chi connectivity index (χ1n) is 10.2. The van der Waals surface area contributed by atoms with Gasteiger partial charge in [-0.1, -0.05) is 18.2 Å². The minimum Gasteiger partial charge on any atom is -0.497 e. The number of amides is 1. The zero-order valence-electron chi connectivity index (χ0n) is 18.0. The molecule has 0 atom stereocenters. The highest BCUT2D eigenvalue weighted by atomic mass is 16.5. The van der Waals surface area contributed by atoms with E-state index >= 15 is 0 Å². The summed E-state index contributed by atoms with van der Waals surface area (Å²) in [4.78, 5) is 21.8. The van der Waals surface area contributed by atoms with Gasteiger partial charge < -0.3 is 15.0 Å². The lowest BCUT2D eigenvalue weighted by Crippen LogP contribution is -2.44. The van der Waals surface area contributed by atoms with Crippen molar-refractivity contribution in [3.8, 4) is 5.75 Å². The minimum atomic E-state index is -0.132. The van der Waals surface area contributed by atoms with Crippen molar-refractivity contribution in [3.05, 3.63) is 65.2 Å². The summed E-state index contributed by atoms with van der Waals surface area (Å²) in [7, 11) is 3.78. The molecule has 3 rings (SSSR count). The summed E-state index contributed by atoms with van der Waals surface area (Å²) in [5.74, 6) is 0.625. The molecule has 158 valence electrons. The Balaban J connectivity index is 1.81. The van der Waals surface area contributed by atoms with Gasteiger partial charge in [-0.3, -0.25) is 14.7 Å². The van der Waals surface area contributed by atoms with Crippen molar-refractivity contribution >= 4 is 24.0 Å². The van der Waals surface area contributed by atoms with Gasteiger partial charge in [0.2, 0.25) is 0 Å². The molecule has 0 aromatic heterocycles. The fourth-order valence-corrected chi connectivity index (χ4v) is 3.60. The van der Waals surface area contributed by atoms with Gasteiger partial charge in [0.05, 0.1) is 12.8 Å². The predicted molar refractivity (Wildman–Crippen MR) is 123 cm³/mol. The summed E-state index contributed by atoms with van der Waals surface area (Å²) in [6.45, 7) is 10.3. The molecule has 2 aromatic carbocycles. The lowest BCUT2D eigenvalue weighted by Gasteiger charge is -2.32. The average Bonchev–Trinajstić information content (AvgIpc) is 2.76. The van der Waals surface area contributed by atoms with Crippen molar-refractivity contribution in [1.29, 1.82) is 0 Å². The fraction of sp³-hybridized carbons (Fsp3) is 0.333. The molecular formula is C24H30N4O2. The number of nitrogens with zero attached hydrogens (tertiary/aromatic N) is 3. The van der Waals surface area contributed by atoms with Crippen molar-refractivity contribution in [2.75, 3.05) is 45.7 Å². The van der Waals surface area contributed by atoms with Crippen molar-refractivity contribution < 1.29 is 9.53 Å². The number of allylic oxidation sites excluding steroid dienone is 1. The molecule has 1 heterocycles. The third-order valence-electron chi connectivity index (χ3n) is 5.41. The Morgan fingerprint density at radius 3 is 2.63 bits per heavy atom. The van der Waals surface area contributed by atoms with Crippen molar-refractivity contribution in [3.63, 3.8) is 0 Å². The number of piperazine rings is 1. The molecule has 0 unspecified atom stereocenters. The second-order valence-corrected chi connectivity index (χ2v) is 7.47. The lowest BCUT2D eigenvalue weighted by molar-refractivity contribution is 0.102. The zero-order valence-corrected chi connectivity index (χ0v) is 18.0. The van der Waals surface area contributed by atoms with E-state index in [4.69, 9.17) is 4.74 Å². The lowest BCUT2D eigenvalue weighted by atomic mass is 10.0. The number of methoxy groups -OCH3 is 1. The number of ether oxygens (including phenoxy) is 1. The van der Waals surface area contributed by atoms with Crippen LogP contribution in [0.1, 0.15) is 28.4 Å². The van der Waals surface area contributed by atoms with E-state index in [1.165, 1.54) is 0 Å². The van der Waals surface area contributed by atoms with E-state index < -0.39 is 0 Å². The number of carbonyl (C=O) groups is 1. The monoisotopic (exact) mass is 406 g/mol. The molecule has 0 saturated carbocycles. The molecule has 1 aliphatic rings. The third kappa shape index (κ3) is 5.34. The highest BCUT2D eigenvalue weighted by Gasteiger charge is 2.19. The normalized spacial score (nSPS) is 15.6. The van der Waals surface area contributed by atoms with Crippen LogP contribution in [0.15, 0.2) is 53.5 Å². The highest BCUT2D eigenvalue weighted by molar-refractivity contribution is 6.05. The standard InChI is InChI=1S/C24H30N4O2/c1-5-23(25-2)18-7-6-8-20(15-18)26-24(29)22-10-9-21(30-4)16-19(22)17-28-13-11-27(3)12-14-28/h5-10,15-16H,2,11-14,17H2,1,3-4H3,(H,26,29). The van der Waals surface area contributed by atoms with Crippen LogP contribution in [0.25, 0.3) is 5.70 Å². The van der Waals surface area contributed by atoms with Gasteiger partial charge in [0, 0.05) is 49.5 Å². The van der Waals surface area contributed by atoms with Gasteiger partial charge in [0.1, 0.15) is 5.75 Å². The van der Waals surface area contributed by atoms with Crippen LogP contribution in [-0.4, -0.2) is 62.8 Å². The van der Waals surface area contributed by atoms with E-state index in [-0.39, 0.29) is 5.91 Å². The molecule has 1 N–H and O–H groups in total. The van der Waals surface area contributed by atoms with Crippen molar-refractivity contribution in [1.82, 2.24) is 9.80 Å². The van der Waals surface area contributed by atoms with E-state index in [0.717, 1.165) is 61.0 Å². The van der Waals surface area contributed by atoms with Gasteiger partial charge in [-0.05, 0) is 56.6 Å². The van der Waals surface area contributed by atoms with Crippen LogP contribution in [0.2, 0.25) is 0 Å². The first-order valence-corrected chi connectivity index (χ1v) is 10.2. The van der Waals surface area contributed by atoms with Crippen LogP contribution in [0.3, 0.4) is 0 Å². The molecule has 0 bridgehead atoms. The topological polar surface area (TPSA) is 57.2 Å². The average molecular weight is 407 g/mol. The third-order valence-corrected chi connectivity index (χ3v) is 5.41. The van der Waals surface area contributed by atoms with Crippen molar-refractivity contribution in [2.24, 2.45) is 4.99 Å². The minimum absolute atomic E-state index is 0.132. The van der Waals surface area contributed by atoms with E-state index in [2.05, 4.69) is 33.9 Å². The number of rotatable bonds is 7. The van der Waals surface area contributed by atoms with Gasteiger partial charge in [-0.25, -0.2) is 0 Å². The van der Waals surface area contributed by atoms with Crippen LogP contribution in [0.5, 0.6) is 5.75 Å². The summed E-state index contributed by atoms with van der Waals surface area (Å²) in [6.07, 6.45) is 1.89. The Labute approximate surface area is 178 Å². The van der Waals surface area contributed by atoms with E-state index in [1.54, 1.807) is 7.11 Å². The SMILES string of the molecule is C=NC(=CC)c1cccc(NC(=O)c2ccc(OC)cc2CN2CCN(C)CC2)c1. The summed E-state index contributed by atoms with van der Waals surface area (Å²) in [6, 6.07) is 13.3. The molecule has 6 nitrogen and oxygen atoms in total. The van der Waals surface area contributed by atoms with Crippen LogP contribution in [0.4, 0.5) is 5.69 Å². The highest BCUT2D eigenvalue weighted by Crippen LogP contribution is 2.23. The van der Waals surface area contributed by atoms with Crippen LogP contribution in [0, 0.1) is 0 Å². The molecular weight excluding hydrogens is 376 g/mol. The molecule has 1 fully saturated rings. The second kappa shape index (κ2) is 10.2. The van der Waals surface area contributed by atoms with Crippen molar-refractivity contribution in [2.45, 2.75) is 13.5 Å². The van der Waals surface area contributed by atoms with Crippen LogP contribution < -0.4 is 10.1 Å². The number of aliphatic imine (C=N–C) groups is 1. The molecule has 6 heteroatoms. The van der Waals surface area contributed by atoms with Gasteiger partial charge in [0.25, 0.3) is 5.91 Å². The molecule has 0 spiro atoms. The van der Waals surface area contributed by atoms with E-state index in [9.17, 15) is 4.79 Å². The molecule has 30 heavy (non-hydrogen) atoms. The maximum absolute atomic E-state index is 13.1. The number of carbonyl (C=O) groups excluding carboxylic acids is 1. The molecule has 0 aliphatic carbocycles. The largest absolute Gasteiger partial charge is 0.497 e. The number of benzene rings is 2. The molecule has 1 amide bonds. The first kappa shape index (κ1) is 21.7. The zero-order chi connectivity index (χ0) is 21.5. The summed E-state index contributed by atoms with van der Waals surface area (Å²) < 4.78 is 5.40. The quantitative estimate of drug-likeness (QED) is 0.712. The maximum atomic E-state index is 13.1. The Morgan fingerprint density at radius 2 is 1.97 bits per heavy atom. The molecule has 2 aromatic rings. The Hall–Kier alpha value is -2.96. The molecule has 1 saturated heterocycles. The first-order chi connectivity index (χ1) is 14.5. The predicted octanol–water partition coefficient (Wildman–Crippen LogP) is 3.76. The smallest absolute Gasteiger partial charge is 0.255 e. The Morgan fingerprint density at radius 1 is 1.20 bits per heavy atom. The van der Waals surface area contributed by atoms with Crippen LogP contribution >= 0.6 is 0 Å². The van der Waals surface area contributed by atoms with E-state index in [1.807, 2.05) is 55.5 Å². The van der Waals surface area contributed by atoms with Gasteiger partial charge in [-0.2, -0.15) is 0 Å². The fourth-order valence-electron chi connectivity index (χ4n) is 3.60. The Bertz CT molecular complexity index is 931.